The van der Waals surface area contributed by atoms with Gasteiger partial charge in [0.05, 0.1) is 11.0 Å². The van der Waals surface area contributed by atoms with Crippen molar-refractivity contribution in [3.8, 4) is 28.5 Å². The van der Waals surface area contributed by atoms with Gasteiger partial charge in [-0.25, -0.2) is 4.98 Å². The molecule has 0 fully saturated rings. The summed E-state index contributed by atoms with van der Waals surface area (Å²) in [6.07, 6.45) is 15.1. The molecule has 2 aliphatic carbocycles. The topological polar surface area (TPSA) is 46.8 Å². The van der Waals surface area contributed by atoms with Gasteiger partial charge in [0.2, 0.25) is 5.95 Å². The number of anilines is 2. The standard InChI is InChI=1S/C46H35N5/c1-30-14-13-23-42-43(30)38-29-34(25-27-41(38)50(42)35-19-9-4-10-20-35)33-24-26-40-37(28-33)36-21-11-12-22-39(36)51(40)46-48-44(31-15-5-2-6-16-31)47-45(49-46)32-17-7-3-8-18-32/h2-7,9-17,19-30,43H,8,18H2,1H3. The number of rotatable bonds is 5. The molecule has 0 saturated carbocycles. The van der Waals surface area contributed by atoms with Crippen molar-refractivity contribution in [2.75, 3.05) is 4.90 Å². The zero-order valence-electron chi connectivity index (χ0n) is 28.3. The molecule has 5 heteroatoms. The van der Waals surface area contributed by atoms with Crippen LogP contribution >= 0.6 is 0 Å². The third kappa shape index (κ3) is 4.88. The van der Waals surface area contributed by atoms with Gasteiger partial charge in [-0.2, -0.15) is 9.97 Å². The summed E-state index contributed by atoms with van der Waals surface area (Å²) < 4.78 is 2.21. The van der Waals surface area contributed by atoms with Gasteiger partial charge in [-0.05, 0) is 89.6 Å². The third-order valence-electron chi connectivity index (χ3n) is 10.6. The van der Waals surface area contributed by atoms with Crippen LogP contribution in [0.25, 0.3) is 55.8 Å². The minimum absolute atomic E-state index is 0.308. The van der Waals surface area contributed by atoms with Gasteiger partial charge >= 0.3 is 0 Å². The number of hydrogen-bond donors (Lipinski definition) is 0. The van der Waals surface area contributed by atoms with Crippen LogP contribution in [0.2, 0.25) is 0 Å². The van der Waals surface area contributed by atoms with Crippen LogP contribution in [-0.4, -0.2) is 19.5 Å². The molecule has 7 aromatic rings. The highest BCUT2D eigenvalue weighted by Gasteiger charge is 2.38. The number of allylic oxidation sites excluding steroid dienone is 8. The lowest BCUT2D eigenvalue weighted by Crippen LogP contribution is -2.18. The van der Waals surface area contributed by atoms with Crippen molar-refractivity contribution in [2.45, 2.75) is 25.7 Å². The largest absolute Gasteiger partial charge is 0.313 e. The Bertz CT molecular complexity index is 2610. The quantitative estimate of drug-likeness (QED) is 0.185. The van der Waals surface area contributed by atoms with Crippen LogP contribution in [0.4, 0.5) is 11.4 Å². The highest BCUT2D eigenvalue weighted by atomic mass is 15.2. The van der Waals surface area contributed by atoms with E-state index in [1.807, 2.05) is 18.2 Å². The Morgan fingerprint density at radius 3 is 2.22 bits per heavy atom. The molecule has 2 unspecified atom stereocenters. The van der Waals surface area contributed by atoms with E-state index in [1.54, 1.807) is 0 Å². The van der Waals surface area contributed by atoms with Crippen molar-refractivity contribution in [1.29, 1.82) is 0 Å². The van der Waals surface area contributed by atoms with Crippen molar-refractivity contribution in [1.82, 2.24) is 19.5 Å². The van der Waals surface area contributed by atoms with E-state index in [1.165, 1.54) is 44.5 Å². The average molecular weight is 658 g/mol. The normalized spacial score (nSPS) is 17.8. The van der Waals surface area contributed by atoms with Crippen LogP contribution < -0.4 is 4.90 Å². The van der Waals surface area contributed by atoms with E-state index in [0.717, 1.165) is 40.8 Å². The van der Waals surface area contributed by atoms with E-state index in [2.05, 4.69) is 156 Å². The zero-order valence-corrected chi connectivity index (χ0v) is 28.3. The number of aromatic nitrogens is 4. The Balaban J connectivity index is 1.13. The van der Waals surface area contributed by atoms with Gasteiger partial charge in [0.25, 0.3) is 0 Å². The predicted molar refractivity (Wildman–Crippen MR) is 209 cm³/mol. The van der Waals surface area contributed by atoms with E-state index in [-0.39, 0.29) is 0 Å². The lowest BCUT2D eigenvalue weighted by Gasteiger charge is -2.27. The van der Waals surface area contributed by atoms with E-state index < -0.39 is 0 Å². The average Bonchev–Trinajstić information content (AvgIpc) is 3.71. The van der Waals surface area contributed by atoms with Crippen LogP contribution in [-0.2, 0) is 0 Å². The fraction of sp³-hybridized carbons (Fsp3) is 0.109. The predicted octanol–water partition coefficient (Wildman–Crippen LogP) is 11.4. The summed E-state index contributed by atoms with van der Waals surface area (Å²) in [4.78, 5) is 17.7. The molecule has 0 amide bonds. The van der Waals surface area contributed by atoms with Gasteiger partial charge in [-0.15, -0.1) is 0 Å². The molecule has 10 rings (SSSR count). The summed E-state index contributed by atoms with van der Waals surface area (Å²) in [5, 5.41) is 2.34. The van der Waals surface area contributed by atoms with E-state index in [9.17, 15) is 0 Å². The first kappa shape index (κ1) is 29.6. The number of para-hydroxylation sites is 2. The van der Waals surface area contributed by atoms with Gasteiger partial charge in [-0.1, -0.05) is 116 Å². The summed E-state index contributed by atoms with van der Waals surface area (Å²) in [7, 11) is 0. The number of hydrogen-bond acceptors (Lipinski definition) is 4. The fourth-order valence-corrected chi connectivity index (χ4v) is 8.14. The van der Waals surface area contributed by atoms with Gasteiger partial charge in [0, 0.05) is 39.3 Å². The van der Waals surface area contributed by atoms with Crippen LogP contribution in [0.15, 0.2) is 163 Å². The Morgan fingerprint density at radius 2 is 1.37 bits per heavy atom. The van der Waals surface area contributed by atoms with E-state index in [0.29, 0.717) is 23.6 Å². The first-order valence-electron chi connectivity index (χ1n) is 17.8. The second kappa shape index (κ2) is 11.9. The smallest absolute Gasteiger partial charge is 0.238 e. The van der Waals surface area contributed by atoms with Crippen LogP contribution in [0.5, 0.6) is 0 Å². The molecule has 2 aromatic heterocycles. The lowest BCUT2D eigenvalue weighted by molar-refractivity contribution is 0.618. The van der Waals surface area contributed by atoms with Gasteiger partial charge in [0.1, 0.15) is 0 Å². The summed E-state index contributed by atoms with van der Waals surface area (Å²) in [6, 6.07) is 43.4. The monoisotopic (exact) mass is 657 g/mol. The van der Waals surface area contributed by atoms with Crippen molar-refractivity contribution in [3.05, 3.63) is 175 Å². The lowest BCUT2D eigenvalue weighted by atomic mass is 9.83. The Kier molecular flexibility index (Phi) is 6.91. The van der Waals surface area contributed by atoms with Crippen molar-refractivity contribution < 1.29 is 0 Å². The molecular formula is C46H35N5. The third-order valence-corrected chi connectivity index (χ3v) is 10.6. The highest BCUT2D eigenvalue weighted by Crippen LogP contribution is 2.53. The van der Waals surface area contributed by atoms with Crippen LogP contribution in [0.1, 0.15) is 37.1 Å². The molecule has 1 aliphatic heterocycles. The van der Waals surface area contributed by atoms with Gasteiger partial charge < -0.3 is 4.90 Å². The summed E-state index contributed by atoms with van der Waals surface area (Å²) in [5.41, 5.74) is 11.8. The Morgan fingerprint density at radius 1 is 0.627 bits per heavy atom. The van der Waals surface area contributed by atoms with Gasteiger partial charge in [-0.3, -0.25) is 4.57 Å². The first-order valence-corrected chi connectivity index (χ1v) is 17.8. The fourth-order valence-electron chi connectivity index (χ4n) is 8.14. The molecule has 0 radical (unpaired) electrons. The molecule has 2 atom stereocenters. The van der Waals surface area contributed by atoms with Crippen molar-refractivity contribution in [3.63, 3.8) is 0 Å². The second-order valence-corrected chi connectivity index (χ2v) is 13.6. The van der Waals surface area contributed by atoms with E-state index >= 15 is 0 Å². The molecular weight excluding hydrogens is 623 g/mol. The maximum absolute atomic E-state index is 5.15. The Hall–Kier alpha value is -6.33. The molecule has 3 aliphatic rings. The van der Waals surface area contributed by atoms with E-state index in [4.69, 9.17) is 15.0 Å². The summed E-state index contributed by atoms with van der Waals surface area (Å²) >= 11 is 0. The maximum atomic E-state index is 5.15. The second-order valence-electron chi connectivity index (χ2n) is 13.6. The number of benzene rings is 5. The van der Waals surface area contributed by atoms with Crippen molar-refractivity contribution >= 4 is 38.8 Å². The molecule has 5 nitrogen and oxygen atoms in total. The molecule has 0 spiro atoms. The molecule has 0 N–H and O–H groups in total. The molecule has 5 aromatic carbocycles. The Labute approximate surface area is 297 Å². The SMILES string of the molecule is CC1C=CC=C2C1c1cc(-c3ccc4c(c3)c3ccccc3n4-c3nc(C4=CC=CCC4)nc(-c4ccccc4)n3)ccc1N2c1ccccc1. The molecule has 0 bridgehead atoms. The highest BCUT2D eigenvalue weighted by molar-refractivity contribution is 6.10. The first-order chi connectivity index (χ1) is 25.2. The summed E-state index contributed by atoms with van der Waals surface area (Å²) in [6.45, 7) is 2.33. The number of nitrogens with zero attached hydrogens (tertiary/aromatic N) is 5. The minimum Gasteiger partial charge on any atom is -0.313 e. The van der Waals surface area contributed by atoms with Crippen molar-refractivity contribution in [2.24, 2.45) is 5.92 Å². The molecule has 244 valence electrons. The molecule has 3 heterocycles. The molecule has 51 heavy (non-hydrogen) atoms. The van der Waals surface area contributed by atoms with Gasteiger partial charge in [0.15, 0.2) is 11.6 Å². The zero-order chi connectivity index (χ0) is 33.9. The number of fused-ring (bicyclic) bond motifs is 6. The maximum Gasteiger partial charge on any atom is 0.238 e. The minimum atomic E-state index is 0.308. The van der Waals surface area contributed by atoms with Crippen LogP contribution in [0, 0.1) is 5.92 Å². The van der Waals surface area contributed by atoms with Crippen LogP contribution in [0.3, 0.4) is 0 Å². The molecule has 0 saturated heterocycles. The summed E-state index contributed by atoms with van der Waals surface area (Å²) in [5.74, 6) is 2.75.